The van der Waals surface area contributed by atoms with Crippen molar-refractivity contribution in [2.45, 2.75) is 18.5 Å². The third-order valence-electron chi connectivity index (χ3n) is 5.19. The van der Waals surface area contributed by atoms with Crippen molar-refractivity contribution in [3.05, 3.63) is 71.0 Å². The fourth-order valence-electron chi connectivity index (χ4n) is 3.85. The van der Waals surface area contributed by atoms with Crippen molar-refractivity contribution in [3.63, 3.8) is 0 Å². The SMILES string of the molecule is O=C(N[C@H]1CNCCOC1)N1CCc2ccccc2C1c1ccc(F)cc1. The smallest absolute Gasteiger partial charge is 0.318 e. The van der Waals surface area contributed by atoms with Crippen LogP contribution in [0, 0.1) is 5.82 Å². The number of rotatable bonds is 2. The Hall–Kier alpha value is -2.44. The lowest BCUT2D eigenvalue weighted by Gasteiger charge is -2.38. The number of benzene rings is 2. The number of amides is 2. The largest absolute Gasteiger partial charge is 0.378 e. The third kappa shape index (κ3) is 3.96. The molecule has 2 heterocycles. The number of nitrogens with one attached hydrogen (secondary N) is 2. The molecule has 0 radical (unpaired) electrons. The summed E-state index contributed by atoms with van der Waals surface area (Å²) in [4.78, 5) is 14.9. The fourth-order valence-corrected chi connectivity index (χ4v) is 3.85. The minimum absolute atomic E-state index is 0.0639. The van der Waals surface area contributed by atoms with Crippen molar-refractivity contribution in [2.75, 3.05) is 32.8 Å². The Labute approximate surface area is 158 Å². The van der Waals surface area contributed by atoms with Gasteiger partial charge in [0.05, 0.1) is 25.3 Å². The van der Waals surface area contributed by atoms with Crippen LogP contribution in [0.1, 0.15) is 22.7 Å². The molecule has 2 aromatic carbocycles. The van der Waals surface area contributed by atoms with Crippen molar-refractivity contribution < 1.29 is 13.9 Å². The zero-order chi connectivity index (χ0) is 18.6. The van der Waals surface area contributed by atoms with E-state index in [0.717, 1.165) is 24.1 Å². The van der Waals surface area contributed by atoms with Gasteiger partial charge in [0.1, 0.15) is 5.82 Å². The van der Waals surface area contributed by atoms with Gasteiger partial charge in [0.15, 0.2) is 0 Å². The molecule has 142 valence electrons. The first-order valence-electron chi connectivity index (χ1n) is 9.41. The fraction of sp³-hybridized carbons (Fsp3) is 0.381. The monoisotopic (exact) mass is 369 g/mol. The standard InChI is InChI=1S/C21H24FN3O2/c22-17-7-5-16(6-8-17)20-19-4-2-1-3-15(19)9-11-25(20)21(26)24-18-13-23-10-12-27-14-18/h1-8,18,20,23H,9-14H2,(H,24,26)/t18-,20?/m0/s1. The lowest BCUT2D eigenvalue weighted by atomic mass is 9.88. The molecular weight excluding hydrogens is 345 g/mol. The van der Waals surface area contributed by atoms with Gasteiger partial charge in [-0.15, -0.1) is 0 Å². The molecule has 27 heavy (non-hydrogen) atoms. The molecule has 1 saturated heterocycles. The van der Waals surface area contributed by atoms with Crippen LogP contribution in [-0.2, 0) is 11.2 Å². The summed E-state index contributed by atoms with van der Waals surface area (Å²) in [5, 5.41) is 6.37. The van der Waals surface area contributed by atoms with Gasteiger partial charge in [0.2, 0.25) is 0 Å². The lowest BCUT2D eigenvalue weighted by Crippen LogP contribution is -2.52. The van der Waals surface area contributed by atoms with E-state index in [0.29, 0.717) is 26.3 Å². The highest BCUT2D eigenvalue weighted by molar-refractivity contribution is 5.76. The highest BCUT2D eigenvalue weighted by atomic mass is 19.1. The van der Waals surface area contributed by atoms with Gasteiger partial charge >= 0.3 is 6.03 Å². The molecule has 2 atom stereocenters. The molecule has 2 aliphatic rings. The summed E-state index contributed by atoms with van der Waals surface area (Å²) in [6.07, 6.45) is 0.806. The molecule has 1 fully saturated rings. The number of urea groups is 1. The molecule has 4 rings (SSSR count). The number of fused-ring (bicyclic) bond motifs is 1. The molecule has 2 aromatic rings. The first-order chi connectivity index (χ1) is 13.2. The topological polar surface area (TPSA) is 53.6 Å². The van der Waals surface area contributed by atoms with Crippen molar-refractivity contribution >= 4 is 6.03 Å². The molecule has 0 aliphatic carbocycles. The van der Waals surface area contributed by atoms with Crippen LogP contribution in [0.2, 0.25) is 0 Å². The van der Waals surface area contributed by atoms with Gasteiger partial charge < -0.3 is 20.3 Å². The van der Waals surface area contributed by atoms with Crippen LogP contribution in [0.15, 0.2) is 48.5 Å². The Bertz CT molecular complexity index is 788. The third-order valence-corrected chi connectivity index (χ3v) is 5.19. The molecule has 0 spiro atoms. The van der Waals surface area contributed by atoms with Crippen molar-refractivity contribution in [2.24, 2.45) is 0 Å². The molecule has 0 saturated carbocycles. The van der Waals surface area contributed by atoms with Gasteiger partial charge in [-0.3, -0.25) is 0 Å². The minimum atomic E-state index is -0.277. The van der Waals surface area contributed by atoms with Gasteiger partial charge in [0.25, 0.3) is 0 Å². The summed E-state index contributed by atoms with van der Waals surface area (Å²) in [5.41, 5.74) is 3.24. The molecule has 2 aliphatic heterocycles. The second-order valence-electron chi connectivity index (χ2n) is 7.02. The van der Waals surface area contributed by atoms with Crippen molar-refractivity contribution in [1.82, 2.24) is 15.5 Å². The molecule has 1 unspecified atom stereocenters. The first-order valence-corrected chi connectivity index (χ1v) is 9.41. The zero-order valence-corrected chi connectivity index (χ0v) is 15.2. The van der Waals surface area contributed by atoms with Gasteiger partial charge in [0, 0.05) is 19.6 Å². The van der Waals surface area contributed by atoms with E-state index in [1.165, 1.54) is 17.7 Å². The molecule has 6 heteroatoms. The maximum Gasteiger partial charge on any atom is 0.318 e. The molecule has 5 nitrogen and oxygen atoms in total. The van der Waals surface area contributed by atoms with E-state index in [1.807, 2.05) is 17.0 Å². The summed E-state index contributed by atoms with van der Waals surface area (Å²) >= 11 is 0. The van der Waals surface area contributed by atoms with E-state index in [9.17, 15) is 9.18 Å². The number of ether oxygens (including phenoxy) is 1. The van der Waals surface area contributed by atoms with Crippen LogP contribution in [0.25, 0.3) is 0 Å². The van der Waals surface area contributed by atoms with E-state index in [-0.39, 0.29) is 23.9 Å². The highest BCUT2D eigenvalue weighted by Gasteiger charge is 2.32. The summed E-state index contributed by atoms with van der Waals surface area (Å²) in [7, 11) is 0. The molecule has 2 amide bonds. The molecular formula is C21H24FN3O2. The Balaban J connectivity index is 1.62. The van der Waals surface area contributed by atoms with Crippen molar-refractivity contribution in [1.29, 1.82) is 0 Å². The average molecular weight is 369 g/mol. The van der Waals surface area contributed by atoms with E-state index in [4.69, 9.17) is 4.74 Å². The molecule has 2 N–H and O–H groups in total. The summed E-state index contributed by atoms with van der Waals surface area (Å²) in [6, 6.07) is 14.2. The van der Waals surface area contributed by atoms with Gasteiger partial charge in [-0.05, 0) is 35.2 Å². The number of carbonyl (C=O) groups excluding carboxylic acids is 1. The number of carbonyl (C=O) groups is 1. The Morgan fingerprint density at radius 2 is 2.00 bits per heavy atom. The van der Waals surface area contributed by atoms with Gasteiger partial charge in [-0.2, -0.15) is 0 Å². The van der Waals surface area contributed by atoms with Gasteiger partial charge in [-0.25, -0.2) is 9.18 Å². The lowest BCUT2D eigenvalue weighted by molar-refractivity contribution is 0.127. The Kier molecular flexibility index (Phi) is 5.36. The highest BCUT2D eigenvalue weighted by Crippen LogP contribution is 2.35. The molecule has 0 aromatic heterocycles. The second kappa shape index (κ2) is 8.06. The number of hydrogen-bond donors (Lipinski definition) is 2. The van der Waals surface area contributed by atoms with Crippen LogP contribution in [0.3, 0.4) is 0 Å². The van der Waals surface area contributed by atoms with Crippen LogP contribution < -0.4 is 10.6 Å². The summed E-state index contributed by atoms with van der Waals surface area (Å²) in [6.45, 7) is 3.26. The maximum absolute atomic E-state index is 13.4. The number of hydrogen-bond acceptors (Lipinski definition) is 3. The van der Waals surface area contributed by atoms with Crippen molar-refractivity contribution in [3.8, 4) is 0 Å². The summed E-state index contributed by atoms with van der Waals surface area (Å²) in [5.74, 6) is -0.277. The van der Waals surface area contributed by atoms with Crippen LogP contribution in [-0.4, -0.2) is 49.8 Å². The minimum Gasteiger partial charge on any atom is -0.378 e. The van der Waals surface area contributed by atoms with E-state index in [1.54, 1.807) is 12.1 Å². The summed E-state index contributed by atoms with van der Waals surface area (Å²) < 4.78 is 19.0. The number of halogens is 1. The Morgan fingerprint density at radius 1 is 1.19 bits per heavy atom. The molecule has 0 bridgehead atoms. The normalized spacial score (nSPS) is 22.6. The van der Waals surface area contributed by atoms with Gasteiger partial charge in [-0.1, -0.05) is 36.4 Å². The van der Waals surface area contributed by atoms with E-state index >= 15 is 0 Å². The van der Waals surface area contributed by atoms with E-state index in [2.05, 4.69) is 22.8 Å². The average Bonchev–Trinajstić information content (AvgIpc) is 2.96. The van der Waals surface area contributed by atoms with Crippen LogP contribution in [0.5, 0.6) is 0 Å². The quantitative estimate of drug-likeness (QED) is 0.855. The zero-order valence-electron chi connectivity index (χ0n) is 15.2. The predicted molar refractivity (Wildman–Crippen MR) is 101 cm³/mol. The van der Waals surface area contributed by atoms with E-state index < -0.39 is 0 Å². The van der Waals surface area contributed by atoms with Crippen LogP contribution in [0.4, 0.5) is 9.18 Å². The first kappa shape index (κ1) is 17.9. The second-order valence-corrected chi connectivity index (χ2v) is 7.02. The number of nitrogens with zero attached hydrogens (tertiary/aromatic N) is 1. The predicted octanol–water partition coefficient (Wildman–Crippen LogP) is 2.47. The van der Waals surface area contributed by atoms with Crippen LogP contribution >= 0.6 is 0 Å². The maximum atomic E-state index is 13.4. The Morgan fingerprint density at radius 3 is 2.85 bits per heavy atom.